The molecule has 0 bridgehead atoms. The topological polar surface area (TPSA) is 35.6 Å². The Bertz CT molecular complexity index is 718. The average molecular weight is 362 g/mol. The van der Waals surface area contributed by atoms with Gasteiger partial charge in [-0.25, -0.2) is 4.39 Å². The summed E-state index contributed by atoms with van der Waals surface area (Å²) in [6.45, 7) is 4.80. The number of carbonyl (C=O) groups excluding carboxylic acids is 1. The minimum absolute atomic E-state index is 0.134. The van der Waals surface area contributed by atoms with Crippen LogP contribution in [0.4, 0.5) is 10.1 Å². The molecule has 0 aromatic heterocycles. The van der Waals surface area contributed by atoms with Gasteiger partial charge in [-0.2, -0.15) is 0 Å². The lowest BCUT2D eigenvalue weighted by atomic mass is 10.2. The van der Waals surface area contributed by atoms with E-state index in [2.05, 4.69) is 39.4 Å². The molecule has 0 spiro atoms. The Kier molecular flexibility index (Phi) is 6.02. The van der Waals surface area contributed by atoms with Gasteiger partial charge >= 0.3 is 0 Å². The first kappa shape index (κ1) is 17.9. The fraction of sp³-hybridized carbons (Fsp3) is 0.316. The van der Waals surface area contributed by atoms with E-state index in [1.807, 2.05) is 6.07 Å². The van der Waals surface area contributed by atoms with E-state index in [-0.39, 0.29) is 10.9 Å². The Balaban J connectivity index is 1.44. The molecule has 1 aliphatic rings. The first-order valence-electron chi connectivity index (χ1n) is 8.34. The Labute approximate surface area is 152 Å². The summed E-state index contributed by atoms with van der Waals surface area (Å²) in [5, 5.41) is 2.95. The average Bonchev–Trinajstić information content (AvgIpc) is 2.60. The molecule has 2 aromatic rings. The van der Waals surface area contributed by atoms with Crippen molar-refractivity contribution in [3.63, 3.8) is 0 Å². The van der Waals surface area contributed by atoms with Crippen molar-refractivity contribution in [1.29, 1.82) is 0 Å². The van der Waals surface area contributed by atoms with E-state index in [4.69, 9.17) is 11.6 Å². The van der Waals surface area contributed by atoms with Gasteiger partial charge in [0.25, 0.3) is 0 Å². The highest BCUT2D eigenvalue weighted by Gasteiger charge is 2.19. The van der Waals surface area contributed by atoms with Crippen LogP contribution < -0.4 is 5.32 Å². The molecule has 1 fully saturated rings. The van der Waals surface area contributed by atoms with Crippen LogP contribution in [0.3, 0.4) is 0 Å². The number of benzene rings is 2. The smallest absolute Gasteiger partial charge is 0.238 e. The number of rotatable bonds is 5. The lowest BCUT2D eigenvalue weighted by Gasteiger charge is -2.34. The highest BCUT2D eigenvalue weighted by atomic mass is 35.5. The van der Waals surface area contributed by atoms with Crippen LogP contribution >= 0.6 is 11.6 Å². The van der Waals surface area contributed by atoms with E-state index in [0.29, 0.717) is 12.2 Å². The number of nitrogens with zero attached hydrogens (tertiary/aromatic N) is 2. The van der Waals surface area contributed by atoms with Gasteiger partial charge in [0.1, 0.15) is 5.82 Å². The highest BCUT2D eigenvalue weighted by molar-refractivity contribution is 6.33. The van der Waals surface area contributed by atoms with E-state index >= 15 is 0 Å². The molecule has 1 N–H and O–H groups in total. The Morgan fingerprint density at radius 2 is 1.72 bits per heavy atom. The second-order valence-corrected chi connectivity index (χ2v) is 6.62. The van der Waals surface area contributed by atoms with Crippen molar-refractivity contribution in [2.45, 2.75) is 6.54 Å². The van der Waals surface area contributed by atoms with Crippen LogP contribution in [0, 0.1) is 5.82 Å². The molecule has 132 valence electrons. The second-order valence-electron chi connectivity index (χ2n) is 6.21. The van der Waals surface area contributed by atoms with Gasteiger partial charge in [0.15, 0.2) is 0 Å². The SMILES string of the molecule is O=C(CN1CCN(Cc2ccccc2)CC1)Nc1ccc(F)cc1Cl. The molecule has 4 nitrogen and oxygen atoms in total. The number of carbonyl (C=O) groups is 1. The van der Waals surface area contributed by atoms with Crippen molar-refractivity contribution < 1.29 is 9.18 Å². The summed E-state index contributed by atoms with van der Waals surface area (Å²) in [6.07, 6.45) is 0. The van der Waals surface area contributed by atoms with E-state index in [9.17, 15) is 9.18 Å². The van der Waals surface area contributed by atoms with Gasteiger partial charge in [0.2, 0.25) is 5.91 Å². The molecule has 0 saturated carbocycles. The maximum Gasteiger partial charge on any atom is 0.238 e. The van der Waals surface area contributed by atoms with Crippen LogP contribution in [-0.4, -0.2) is 48.4 Å². The van der Waals surface area contributed by atoms with E-state index in [1.165, 1.54) is 23.8 Å². The molecule has 25 heavy (non-hydrogen) atoms. The second kappa shape index (κ2) is 8.43. The van der Waals surface area contributed by atoms with Crippen molar-refractivity contribution in [2.75, 3.05) is 38.0 Å². The molecule has 1 amide bonds. The summed E-state index contributed by atoms with van der Waals surface area (Å²) in [5.74, 6) is -0.553. The van der Waals surface area contributed by atoms with Gasteiger partial charge in [-0.1, -0.05) is 41.9 Å². The highest BCUT2D eigenvalue weighted by Crippen LogP contribution is 2.22. The summed E-state index contributed by atoms with van der Waals surface area (Å²) < 4.78 is 13.0. The lowest BCUT2D eigenvalue weighted by Crippen LogP contribution is -2.48. The molecule has 3 rings (SSSR count). The van der Waals surface area contributed by atoms with Crippen molar-refractivity contribution in [3.8, 4) is 0 Å². The van der Waals surface area contributed by atoms with Crippen molar-refractivity contribution in [2.24, 2.45) is 0 Å². The number of piperazine rings is 1. The van der Waals surface area contributed by atoms with E-state index in [1.54, 1.807) is 0 Å². The fourth-order valence-electron chi connectivity index (χ4n) is 2.93. The van der Waals surface area contributed by atoms with Crippen LogP contribution in [0.5, 0.6) is 0 Å². The summed E-state index contributed by atoms with van der Waals surface area (Å²) in [6, 6.07) is 14.3. The Morgan fingerprint density at radius 3 is 2.40 bits per heavy atom. The molecule has 1 saturated heterocycles. The maximum atomic E-state index is 13.0. The summed E-state index contributed by atoms with van der Waals surface area (Å²) in [4.78, 5) is 16.7. The van der Waals surface area contributed by atoms with Crippen LogP contribution in [0.25, 0.3) is 0 Å². The third-order valence-corrected chi connectivity index (χ3v) is 4.60. The summed E-state index contributed by atoms with van der Waals surface area (Å²) in [7, 11) is 0. The first-order valence-corrected chi connectivity index (χ1v) is 8.71. The zero-order valence-corrected chi connectivity index (χ0v) is 14.7. The third-order valence-electron chi connectivity index (χ3n) is 4.29. The monoisotopic (exact) mass is 361 g/mol. The van der Waals surface area contributed by atoms with Crippen LogP contribution in [0.1, 0.15) is 5.56 Å². The minimum Gasteiger partial charge on any atom is -0.324 e. The molecule has 1 heterocycles. The Hall–Kier alpha value is -1.95. The predicted octanol–water partition coefficient (Wildman–Crippen LogP) is 3.24. The van der Waals surface area contributed by atoms with Gasteiger partial charge in [-0.3, -0.25) is 14.6 Å². The number of halogens is 2. The predicted molar refractivity (Wildman–Crippen MR) is 98.2 cm³/mol. The van der Waals surface area contributed by atoms with Crippen LogP contribution in [0.2, 0.25) is 5.02 Å². The molecule has 6 heteroatoms. The zero-order valence-electron chi connectivity index (χ0n) is 13.9. The molecule has 0 aliphatic carbocycles. The largest absolute Gasteiger partial charge is 0.324 e. The van der Waals surface area contributed by atoms with E-state index in [0.717, 1.165) is 32.7 Å². The molecule has 0 unspecified atom stereocenters. The quantitative estimate of drug-likeness (QED) is 0.888. The summed E-state index contributed by atoms with van der Waals surface area (Å²) >= 11 is 5.94. The molecule has 0 radical (unpaired) electrons. The Morgan fingerprint density at radius 1 is 1.04 bits per heavy atom. The number of nitrogens with one attached hydrogen (secondary N) is 1. The van der Waals surface area contributed by atoms with Gasteiger partial charge in [-0.15, -0.1) is 0 Å². The van der Waals surface area contributed by atoms with E-state index < -0.39 is 5.82 Å². The molecular weight excluding hydrogens is 341 g/mol. The van der Waals surface area contributed by atoms with Crippen LogP contribution in [-0.2, 0) is 11.3 Å². The standard InChI is InChI=1S/C19H21ClFN3O/c20-17-12-16(21)6-7-18(17)22-19(25)14-24-10-8-23(9-11-24)13-15-4-2-1-3-5-15/h1-7,12H,8-11,13-14H2,(H,22,25). The minimum atomic E-state index is -0.419. The van der Waals surface area contributed by atoms with Gasteiger partial charge < -0.3 is 5.32 Å². The van der Waals surface area contributed by atoms with Gasteiger partial charge in [0, 0.05) is 32.7 Å². The maximum absolute atomic E-state index is 13.0. The molecule has 2 aromatic carbocycles. The lowest BCUT2D eigenvalue weighted by molar-refractivity contribution is -0.117. The third kappa shape index (κ3) is 5.26. The zero-order chi connectivity index (χ0) is 17.6. The van der Waals surface area contributed by atoms with Gasteiger partial charge in [-0.05, 0) is 23.8 Å². The molecular formula is C19H21ClFN3O. The van der Waals surface area contributed by atoms with Crippen molar-refractivity contribution >= 4 is 23.2 Å². The van der Waals surface area contributed by atoms with Crippen LogP contribution in [0.15, 0.2) is 48.5 Å². The number of hydrogen-bond acceptors (Lipinski definition) is 3. The van der Waals surface area contributed by atoms with Gasteiger partial charge in [0.05, 0.1) is 17.3 Å². The van der Waals surface area contributed by atoms with Crippen molar-refractivity contribution in [3.05, 3.63) is 64.9 Å². The normalized spacial score (nSPS) is 15.9. The fourth-order valence-corrected chi connectivity index (χ4v) is 3.15. The molecule has 1 aliphatic heterocycles. The summed E-state index contributed by atoms with van der Waals surface area (Å²) in [5.41, 5.74) is 1.75. The number of amides is 1. The van der Waals surface area contributed by atoms with Crippen molar-refractivity contribution in [1.82, 2.24) is 9.80 Å². The number of hydrogen-bond donors (Lipinski definition) is 1. The molecule has 0 atom stereocenters. The number of anilines is 1. The first-order chi connectivity index (χ1) is 12.1.